The second-order valence-corrected chi connectivity index (χ2v) is 9.78. The van der Waals surface area contributed by atoms with Crippen molar-refractivity contribution in [1.29, 1.82) is 5.41 Å². The number of nitrogens with one attached hydrogen (secondary N) is 2. The SMILES string of the molecule is N=C(N)c1ccc(Cc2oc3cc(N(c4ccc5c(c4)CCCN5)S(=O)[O-])ccc3c2Br)cc1. The molecule has 0 aliphatic carbocycles. The van der Waals surface area contributed by atoms with Gasteiger partial charge < -0.3 is 20.0 Å². The number of benzene rings is 3. The number of rotatable bonds is 6. The van der Waals surface area contributed by atoms with Crippen molar-refractivity contribution in [2.45, 2.75) is 19.3 Å². The summed E-state index contributed by atoms with van der Waals surface area (Å²) in [6.45, 7) is 0.927. The molecule has 1 atom stereocenters. The number of fused-ring (bicyclic) bond motifs is 2. The first kappa shape index (κ1) is 22.6. The van der Waals surface area contributed by atoms with Crippen molar-refractivity contribution in [2.24, 2.45) is 5.73 Å². The van der Waals surface area contributed by atoms with E-state index in [2.05, 4.69) is 21.2 Å². The van der Waals surface area contributed by atoms with Crippen LogP contribution in [-0.2, 0) is 24.1 Å². The van der Waals surface area contributed by atoms with Crippen LogP contribution >= 0.6 is 15.9 Å². The van der Waals surface area contributed by atoms with Crippen LogP contribution in [0.4, 0.5) is 17.1 Å². The van der Waals surface area contributed by atoms with Gasteiger partial charge in [0.15, 0.2) is 0 Å². The fourth-order valence-corrected chi connectivity index (χ4v) is 5.36. The van der Waals surface area contributed by atoms with Crippen LogP contribution < -0.4 is 15.4 Å². The molecular formula is C25H22BrN4O3S-. The highest BCUT2D eigenvalue weighted by Crippen LogP contribution is 2.37. The molecule has 0 spiro atoms. The Morgan fingerprint density at radius 2 is 1.88 bits per heavy atom. The molecule has 2 heterocycles. The zero-order valence-electron chi connectivity index (χ0n) is 18.1. The zero-order chi connectivity index (χ0) is 23.8. The van der Waals surface area contributed by atoms with E-state index in [1.165, 1.54) is 4.31 Å². The lowest BCUT2D eigenvalue weighted by Crippen LogP contribution is -2.20. The van der Waals surface area contributed by atoms with E-state index in [4.69, 9.17) is 15.6 Å². The lowest BCUT2D eigenvalue weighted by Gasteiger charge is -2.28. The van der Waals surface area contributed by atoms with Gasteiger partial charge in [0.1, 0.15) is 17.2 Å². The third-order valence-corrected chi connectivity index (χ3v) is 7.54. The van der Waals surface area contributed by atoms with Crippen molar-refractivity contribution in [3.63, 3.8) is 0 Å². The van der Waals surface area contributed by atoms with Crippen LogP contribution in [0.1, 0.15) is 28.9 Å². The predicted molar refractivity (Wildman–Crippen MR) is 138 cm³/mol. The van der Waals surface area contributed by atoms with Gasteiger partial charge in [-0.3, -0.25) is 13.9 Å². The van der Waals surface area contributed by atoms with Crippen LogP contribution in [0.15, 0.2) is 69.6 Å². The number of aryl methyl sites for hydroxylation is 1. The van der Waals surface area contributed by atoms with Gasteiger partial charge in [0.25, 0.3) is 0 Å². The molecule has 0 saturated carbocycles. The van der Waals surface area contributed by atoms with Gasteiger partial charge in [0.2, 0.25) is 0 Å². The molecule has 0 bridgehead atoms. The summed E-state index contributed by atoms with van der Waals surface area (Å²) in [7, 11) is 0. The van der Waals surface area contributed by atoms with E-state index in [-0.39, 0.29) is 5.84 Å². The molecule has 174 valence electrons. The van der Waals surface area contributed by atoms with Crippen molar-refractivity contribution in [3.05, 3.63) is 87.6 Å². The summed E-state index contributed by atoms with van der Waals surface area (Å²) >= 11 is 1.13. The van der Waals surface area contributed by atoms with E-state index >= 15 is 0 Å². The second kappa shape index (κ2) is 9.25. The molecule has 1 aromatic heterocycles. The second-order valence-electron chi connectivity index (χ2n) is 8.19. The summed E-state index contributed by atoms with van der Waals surface area (Å²) in [5.74, 6) is 0.761. The first-order valence-electron chi connectivity index (χ1n) is 10.8. The lowest BCUT2D eigenvalue weighted by atomic mass is 10.0. The molecule has 9 heteroatoms. The molecular weight excluding hydrogens is 516 g/mol. The molecule has 4 N–H and O–H groups in total. The average molecular weight is 538 g/mol. The molecule has 3 aromatic carbocycles. The first-order valence-corrected chi connectivity index (χ1v) is 12.6. The highest BCUT2D eigenvalue weighted by atomic mass is 79.9. The molecule has 7 nitrogen and oxygen atoms in total. The van der Waals surface area contributed by atoms with Gasteiger partial charge in [0, 0.05) is 35.7 Å². The third kappa shape index (κ3) is 4.34. The molecule has 5 rings (SSSR count). The molecule has 0 radical (unpaired) electrons. The minimum absolute atomic E-state index is 0.0273. The lowest BCUT2D eigenvalue weighted by molar-refractivity contribution is 0.537. The maximum absolute atomic E-state index is 12.2. The molecule has 1 aliphatic heterocycles. The van der Waals surface area contributed by atoms with Gasteiger partial charge in [-0.2, -0.15) is 0 Å². The minimum Gasteiger partial charge on any atom is -0.755 e. The topological polar surface area (TPSA) is 118 Å². The molecule has 1 aliphatic rings. The minimum atomic E-state index is -2.50. The Kier molecular flexibility index (Phi) is 6.16. The summed E-state index contributed by atoms with van der Waals surface area (Å²) < 4.78 is 32.7. The van der Waals surface area contributed by atoms with Crippen LogP contribution in [0.2, 0.25) is 0 Å². The van der Waals surface area contributed by atoms with Crippen LogP contribution in [0.5, 0.6) is 0 Å². The van der Waals surface area contributed by atoms with Crippen LogP contribution in [-0.4, -0.2) is 21.1 Å². The number of anilines is 3. The Morgan fingerprint density at radius 1 is 1.15 bits per heavy atom. The molecule has 1 unspecified atom stereocenters. The number of amidine groups is 1. The maximum atomic E-state index is 12.2. The fraction of sp³-hybridized carbons (Fsp3) is 0.160. The number of furan rings is 1. The Bertz CT molecular complexity index is 1420. The van der Waals surface area contributed by atoms with E-state index in [0.717, 1.165) is 51.8 Å². The summed E-state index contributed by atoms with van der Waals surface area (Å²) in [5.41, 5.74) is 11.1. The van der Waals surface area contributed by atoms with Gasteiger partial charge in [-0.25, -0.2) is 0 Å². The molecule has 0 saturated heterocycles. The predicted octanol–water partition coefficient (Wildman–Crippen LogP) is 5.36. The highest BCUT2D eigenvalue weighted by molar-refractivity contribution is 9.10. The molecule has 0 amide bonds. The standard InChI is InChI=1S/C25H23BrN4O3S/c26-24-20-9-7-19(30(34(31)32)18-8-10-21-17(13-18)2-1-11-29-21)14-22(20)33-23(24)12-15-3-5-16(6-4-15)25(27)28/h3-10,13-14,29H,1-2,11-12H2,(H3,27,28)(H,31,32)/p-1. The van der Waals surface area contributed by atoms with Gasteiger partial charge >= 0.3 is 0 Å². The monoisotopic (exact) mass is 537 g/mol. The number of nitrogens with two attached hydrogens (primary N) is 1. The molecule has 0 fully saturated rings. The number of hydrogen-bond donors (Lipinski definition) is 3. The summed E-state index contributed by atoms with van der Waals surface area (Å²) in [6.07, 6.45) is 2.47. The third-order valence-electron chi connectivity index (χ3n) is 5.95. The number of nitrogens with zero attached hydrogens (tertiary/aromatic N) is 1. The smallest absolute Gasteiger partial charge is 0.137 e. The fourth-order valence-electron chi connectivity index (χ4n) is 4.24. The quantitative estimate of drug-likeness (QED) is 0.174. The maximum Gasteiger partial charge on any atom is 0.137 e. The Morgan fingerprint density at radius 3 is 2.62 bits per heavy atom. The van der Waals surface area contributed by atoms with Gasteiger partial charge in [-0.15, -0.1) is 0 Å². The Hall–Kier alpha value is -3.14. The van der Waals surface area contributed by atoms with E-state index in [1.54, 1.807) is 12.1 Å². The van der Waals surface area contributed by atoms with Crippen molar-refractivity contribution >= 4 is 61.1 Å². The largest absolute Gasteiger partial charge is 0.755 e. The zero-order valence-corrected chi connectivity index (χ0v) is 20.5. The average Bonchev–Trinajstić information content (AvgIpc) is 3.13. The van der Waals surface area contributed by atoms with Crippen molar-refractivity contribution < 1.29 is 13.2 Å². The van der Waals surface area contributed by atoms with E-state index in [0.29, 0.717) is 28.9 Å². The summed E-state index contributed by atoms with van der Waals surface area (Å²) in [6, 6.07) is 18.5. The van der Waals surface area contributed by atoms with Crippen LogP contribution in [0.3, 0.4) is 0 Å². The first-order chi connectivity index (χ1) is 16.4. The van der Waals surface area contributed by atoms with E-state index < -0.39 is 11.3 Å². The number of halogens is 1. The van der Waals surface area contributed by atoms with E-state index in [9.17, 15) is 8.76 Å². The van der Waals surface area contributed by atoms with Crippen molar-refractivity contribution in [3.8, 4) is 0 Å². The Balaban J connectivity index is 1.48. The van der Waals surface area contributed by atoms with Crippen LogP contribution in [0.25, 0.3) is 11.0 Å². The van der Waals surface area contributed by atoms with Crippen molar-refractivity contribution in [2.75, 3.05) is 16.2 Å². The van der Waals surface area contributed by atoms with Crippen molar-refractivity contribution in [1.82, 2.24) is 0 Å². The van der Waals surface area contributed by atoms with Gasteiger partial charge in [-0.05, 0) is 70.2 Å². The molecule has 4 aromatic rings. The van der Waals surface area contributed by atoms with Gasteiger partial charge in [-0.1, -0.05) is 24.3 Å². The van der Waals surface area contributed by atoms with Gasteiger partial charge in [0.05, 0.1) is 27.1 Å². The van der Waals surface area contributed by atoms with Crippen LogP contribution in [0, 0.1) is 5.41 Å². The van der Waals surface area contributed by atoms with E-state index in [1.807, 2.05) is 48.5 Å². The highest BCUT2D eigenvalue weighted by Gasteiger charge is 2.18. The number of hydrogen-bond acceptors (Lipinski definition) is 5. The summed E-state index contributed by atoms with van der Waals surface area (Å²) in [4.78, 5) is 0. The Labute approximate surface area is 208 Å². The number of nitrogen functional groups attached to an aromatic ring is 1. The molecule has 34 heavy (non-hydrogen) atoms. The normalized spacial score (nSPS) is 13.8. The summed E-state index contributed by atoms with van der Waals surface area (Å²) in [5, 5.41) is 11.7.